The third-order valence-electron chi connectivity index (χ3n) is 5.43. The van der Waals surface area contributed by atoms with Gasteiger partial charge in [0, 0.05) is 9.79 Å². The van der Waals surface area contributed by atoms with E-state index in [4.69, 9.17) is 9.47 Å². The molecule has 4 aromatic carbocycles. The van der Waals surface area contributed by atoms with Crippen LogP contribution in [0.4, 0.5) is 0 Å². The first-order chi connectivity index (χ1) is 16.3. The highest BCUT2D eigenvalue weighted by Gasteiger charge is 2.13. The van der Waals surface area contributed by atoms with Gasteiger partial charge in [-0.2, -0.15) is 0 Å². The van der Waals surface area contributed by atoms with E-state index in [2.05, 4.69) is 81.4 Å². The van der Waals surface area contributed by atoms with Crippen molar-refractivity contribution in [3.05, 3.63) is 103 Å². The summed E-state index contributed by atoms with van der Waals surface area (Å²) in [5.74, 6) is 2.54. The van der Waals surface area contributed by atoms with E-state index in [0.29, 0.717) is 0 Å². The third kappa shape index (κ3) is 6.45. The SMILES string of the molecule is CC(C)Oc1ccc(-c2ccc(Oc3ccc(Sc4ccc(C(C)(C)C)cc4)cc3)cc2)cc1. The van der Waals surface area contributed by atoms with Gasteiger partial charge in [-0.25, -0.2) is 0 Å². The Kier molecular flexibility index (Phi) is 7.33. The van der Waals surface area contributed by atoms with Gasteiger partial charge in [0.05, 0.1) is 6.10 Å². The molecule has 0 heterocycles. The first-order valence-corrected chi connectivity index (χ1v) is 12.5. The van der Waals surface area contributed by atoms with Crippen molar-refractivity contribution in [1.29, 1.82) is 0 Å². The van der Waals surface area contributed by atoms with Crippen LogP contribution in [-0.4, -0.2) is 6.10 Å². The lowest BCUT2D eigenvalue weighted by molar-refractivity contribution is 0.242. The zero-order valence-corrected chi connectivity index (χ0v) is 21.4. The number of rotatable bonds is 7. The Hall–Kier alpha value is -3.17. The normalized spacial score (nSPS) is 11.5. The van der Waals surface area contributed by atoms with E-state index >= 15 is 0 Å². The lowest BCUT2D eigenvalue weighted by Gasteiger charge is -2.19. The van der Waals surface area contributed by atoms with Crippen LogP contribution in [0.3, 0.4) is 0 Å². The largest absolute Gasteiger partial charge is 0.491 e. The van der Waals surface area contributed by atoms with E-state index in [-0.39, 0.29) is 11.5 Å². The Morgan fingerprint density at radius 3 is 1.41 bits per heavy atom. The van der Waals surface area contributed by atoms with Crippen LogP contribution >= 0.6 is 11.8 Å². The van der Waals surface area contributed by atoms with Crippen LogP contribution in [0.5, 0.6) is 17.2 Å². The molecule has 34 heavy (non-hydrogen) atoms. The molecule has 0 aliphatic heterocycles. The summed E-state index contributed by atoms with van der Waals surface area (Å²) in [5.41, 5.74) is 3.82. The number of hydrogen-bond donors (Lipinski definition) is 0. The fraction of sp³-hybridized carbons (Fsp3) is 0.226. The van der Waals surface area contributed by atoms with Crippen LogP contribution in [0.2, 0.25) is 0 Å². The van der Waals surface area contributed by atoms with Crippen molar-refractivity contribution in [3.63, 3.8) is 0 Å². The topological polar surface area (TPSA) is 18.5 Å². The van der Waals surface area contributed by atoms with Crippen LogP contribution < -0.4 is 9.47 Å². The molecule has 0 spiro atoms. The molecular weight excluding hydrogens is 436 g/mol. The first-order valence-electron chi connectivity index (χ1n) is 11.7. The van der Waals surface area contributed by atoms with E-state index in [1.54, 1.807) is 11.8 Å². The maximum atomic E-state index is 6.06. The molecule has 0 N–H and O–H groups in total. The van der Waals surface area contributed by atoms with E-state index in [1.807, 2.05) is 50.2 Å². The lowest BCUT2D eigenvalue weighted by Crippen LogP contribution is -2.10. The third-order valence-corrected chi connectivity index (χ3v) is 6.44. The van der Waals surface area contributed by atoms with E-state index in [1.165, 1.54) is 15.4 Å². The molecular formula is C31H32O2S. The van der Waals surface area contributed by atoms with Crippen molar-refractivity contribution in [3.8, 4) is 28.4 Å². The van der Waals surface area contributed by atoms with Gasteiger partial charge in [-0.1, -0.05) is 68.9 Å². The molecule has 0 radical (unpaired) electrons. The molecule has 0 fully saturated rings. The highest BCUT2D eigenvalue weighted by Crippen LogP contribution is 2.33. The molecule has 0 amide bonds. The average Bonchev–Trinajstić information content (AvgIpc) is 2.81. The second-order valence-electron chi connectivity index (χ2n) is 9.67. The summed E-state index contributed by atoms with van der Waals surface area (Å²) in [4.78, 5) is 2.43. The van der Waals surface area contributed by atoms with Gasteiger partial charge in [-0.15, -0.1) is 0 Å². The summed E-state index contributed by atoms with van der Waals surface area (Å²) in [6.45, 7) is 10.8. The van der Waals surface area contributed by atoms with Gasteiger partial charge in [0.15, 0.2) is 0 Å². The first kappa shape index (κ1) is 24.0. The van der Waals surface area contributed by atoms with Crippen molar-refractivity contribution in [2.45, 2.75) is 55.9 Å². The highest BCUT2D eigenvalue weighted by molar-refractivity contribution is 7.99. The average molecular weight is 469 g/mol. The molecule has 0 saturated heterocycles. The number of ether oxygens (including phenoxy) is 2. The summed E-state index contributed by atoms with van der Waals surface area (Å²) < 4.78 is 11.8. The molecule has 0 bridgehead atoms. The van der Waals surface area contributed by atoms with Crippen LogP contribution in [0.1, 0.15) is 40.2 Å². The molecule has 4 rings (SSSR count). The molecule has 0 aliphatic carbocycles. The minimum absolute atomic E-state index is 0.174. The van der Waals surface area contributed by atoms with E-state index < -0.39 is 0 Å². The fourth-order valence-electron chi connectivity index (χ4n) is 3.58. The Labute approximate surface area is 208 Å². The molecule has 0 unspecified atom stereocenters. The molecule has 4 aromatic rings. The van der Waals surface area contributed by atoms with Gasteiger partial charge in [-0.3, -0.25) is 0 Å². The van der Waals surface area contributed by atoms with Crippen molar-refractivity contribution in [1.82, 2.24) is 0 Å². The van der Waals surface area contributed by atoms with Crippen LogP contribution in [0.25, 0.3) is 11.1 Å². The summed E-state index contributed by atoms with van der Waals surface area (Å²) in [6, 6.07) is 33.5. The lowest BCUT2D eigenvalue weighted by atomic mass is 9.87. The monoisotopic (exact) mass is 468 g/mol. The Bertz CT molecular complexity index is 1190. The summed E-state index contributed by atoms with van der Waals surface area (Å²) >= 11 is 1.76. The van der Waals surface area contributed by atoms with Gasteiger partial charge in [-0.05, 0) is 96.6 Å². The fourth-order valence-corrected chi connectivity index (χ4v) is 4.40. The second kappa shape index (κ2) is 10.4. The smallest absolute Gasteiger partial charge is 0.127 e. The van der Waals surface area contributed by atoms with Gasteiger partial charge < -0.3 is 9.47 Å². The van der Waals surface area contributed by atoms with Crippen molar-refractivity contribution in [2.24, 2.45) is 0 Å². The maximum absolute atomic E-state index is 6.06. The molecule has 174 valence electrons. The van der Waals surface area contributed by atoms with Gasteiger partial charge >= 0.3 is 0 Å². The molecule has 3 heteroatoms. The Morgan fingerprint density at radius 2 is 0.971 bits per heavy atom. The van der Waals surface area contributed by atoms with E-state index in [9.17, 15) is 0 Å². The second-order valence-corrected chi connectivity index (χ2v) is 10.8. The highest BCUT2D eigenvalue weighted by atomic mass is 32.2. The summed E-state index contributed by atoms with van der Waals surface area (Å²) in [6.07, 6.45) is 0.176. The molecule has 0 aliphatic rings. The van der Waals surface area contributed by atoms with Crippen molar-refractivity contribution >= 4 is 11.8 Å². The van der Waals surface area contributed by atoms with Crippen molar-refractivity contribution in [2.75, 3.05) is 0 Å². The van der Waals surface area contributed by atoms with E-state index in [0.717, 1.165) is 28.4 Å². The van der Waals surface area contributed by atoms with Crippen molar-refractivity contribution < 1.29 is 9.47 Å². The number of hydrogen-bond acceptors (Lipinski definition) is 3. The number of benzene rings is 4. The van der Waals surface area contributed by atoms with Gasteiger partial charge in [0.25, 0.3) is 0 Å². The zero-order valence-electron chi connectivity index (χ0n) is 20.5. The molecule has 0 atom stereocenters. The van der Waals surface area contributed by atoms with Gasteiger partial charge in [0.1, 0.15) is 17.2 Å². The maximum Gasteiger partial charge on any atom is 0.127 e. The summed E-state index contributed by atoms with van der Waals surface area (Å²) in [7, 11) is 0. The minimum atomic E-state index is 0.174. The van der Waals surface area contributed by atoms with Gasteiger partial charge in [0.2, 0.25) is 0 Å². The summed E-state index contributed by atoms with van der Waals surface area (Å²) in [5, 5.41) is 0. The predicted octanol–water partition coefficient (Wildman–Crippen LogP) is 9.38. The van der Waals surface area contributed by atoms with Crippen LogP contribution in [0, 0.1) is 0 Å². The van der Waals surface area contributed by atoms with Crippen LogP contribution in [-0.2, 0) is 5.41 Å². The molecule has 2 nitrogen and oxygen atoms in total. The molecule has 0 saturated carbocycles. The quantitative estimate of drug-likeness (QED) is 0.269. The standard InChI is InChI=1S/C31H32O2S/c1-22(2)32-26-12-6-23(7-13-26)24-8-14-27(15-9-24)33-28-16-20-30(21-17-28)34-29-18-10-25(11-19-29)31(3,4)5/h6-22H,1-5H3. The van der Waals surface area contributed by atoms with Crippen LogP contribution in [0.15, 0.2) is 107 Å². The zero-order chi connectivity index (χ0) is 24.1. The molecule has 0 aromatic heterocycles. The minimum Gasteiger partial charge on any atom is -0.491 e. The Balaban J connectivity index is 1.36. The predicted molar refractivity (Wildman–Crippen MR) is 143 cm³/mol. The Morgan fingerprint density at radius 1 is 0.559 bits per heavy atom.